The standard InChI is InChI=1S/C11H17ClN2OS/c1-2-3-4-5-13-9-10(15)14-6-8(12)7-16-11(9)14/h6,9,11,13H,2-5,7H2,1H3/t9?,11-/m0/s1. The average molecular weight is 261 g/mol. The van der Waals surface area contributed by atoms with Crippen molar-refractivity contribution >= 4 is 29.3 Å². The van der Waals surface area contributed by atoms with Crippen molar-refractivity contribution < 1.29 is 4.79 Å². The fraction of sp³-hybridized carbons (Fsp3) is 0.727. The predicted octanol–water partition coefficient (Wildman–Crippen LogP) is 2.13. The van der Waals surface area contributed by atoms with Crippen LogP contribution in [0, 0.1) is 0 Å². The number of carbonyl (C=O) groups excluding carboxylic acids is 1. The Morgan fingerprint density at radius 2 is 2.44 bits per heavy atom. The van der Waals surface area contributed by atoms with Crippen LogP contribution in [-0.4, -0.2) is 34.5 Å². The number of hydrogen-bond donors (Lipinski definition) is 1. The zero-order valence-electron chi connectivity index (χ0n) is 9.41. The molecule has 16 heavy (non-hydrogen) atoms. The highest BCUT2D eigenvalue weighted by atomic mass is 35.5. The summed E-state index contributed by atoms with van der Waals surface area (Å²) in [5.41, 5.74) is 0. The summed E-state index contributed by atoms with van der Waals surface area (Å²) in [6.07, 6.45) is 5.35. The number of β-lactam (4-membered cyclic amide) rings is 1. The van der Waals surface area contributed by atoms with Gasteiger partial charge < -0.3 is 10.2 Å². The van der Waals surface area contributed by atoms with Crippen LogP contribution in [0.3, 0.4) is 0 Å². The minimum absolute atomic E-state index is 0.00266. The maximum Gasteiger partial charge on any atom is 0.247 e. The van der Waals surface area contributed by atoms with Crippen LogP contribution < -0.4 is 5.32 Å². The number of rotatable bonds is 5. The van der Waals surface area contributed by atoms with E-state index in [4.69, 9.17) is 11.6 Å². The van der Waals surface area contributed by atoms with E-state index < -0.39 is 0 Å². The van der Waals surface area contributed by atoms with Gasteiger partial charge in [0.05, 0.1) is 0 Å². The van der Waals surface area contributed by atoms with Crippen molar-refractivity contribution in [3.05, 3.63) is 11.2 Å². The Morgan fingerprint density at radius 1 is 1.62 bits per heavy atom. The molecule has 0 bridgehead atoms. The molecular weight excluding hydrogens is 244 g/mol. The fourth-order valence-corrected chi connectivity index (χ4v) is 3.40. The van der Waals surface area contributed by atoms with Crippen molar-refractivity contribution in [1.29, 1.82) is 0 Å². The number of halogens is 1. The molecule has 3 nitrogen and oxygen atoms in total. The smallest absolute Gasteiger partial charge is 0.247 e. The second-order valence-electron chi connectivity index (χ2n) is 4.16. The van der Waals surface area contributed by atoms with Crippen LogP contribution in [0.5, 0.6) is 0 Å². The molecule has 0 saturated carbocycles. The molecule has 1 amide bonds. The summed E-state index contributed by atoms with van der Waals surface area (Å²) in [7, 11) is 0. The van der Waals surface area contributed by atoms with Gasteiger partial charge in [0, 0.05) is 17.0 Å². The Kier molecular flexibility index (Phi) is 4.16. The Labute approximate surface area is 106 Å². The van der Waals surface area contributed by atoms with E-state index in [-0.39, 0.29) is 17.3 Å². The lowest BCUT2D eigenvalue weighted by Crippen LogP contribution is -2.67. The number of hydrogen-bond acceptors (Lipinski definition) is 3. The van der Waals surface area contributed by atoms with Gasteiger partial charge in [-0.25, -0.2) is 0 Å². The summed E-state index contributed by atoms with van der Waals surface area (Å²) in [6, 6.07) is 0.00266. The molecule has 1 fully saturated rings. The highest BCUT2D eigenvalue weighted by molar-refractivity contribution is 8.00. The molecule has 90 valence electrons. The number of carbonyl (C=O) groups is 1. The lowest BCUT2D eigenvalue weighted by atomic mass is 10.1. The average Bonchev–Trinajstić information content (AvgIpc) is 2.29. The van der Waals surface area contributed by atoms with Crippen molar-refractivity contribution in [3.8, 4) is 0 Å². The Morgan fingerprint density at radius 3 is 3.19 bits per heavy atom. The first kappa shape index (κ1) is 12.3. The molecule has 0 aromatic heterocycles. The highest BCUT2D eigenvalue weighted by Gasteiger charge is 2.47. The van der Waals surface area contributed by atoms with Crippen molar-refractivity contribution in [2.24, 2.45) is 0 Å². The van der Waals surface area contributed by atoms with Crippen molar-refractivity contribution in [2.75, 3.05) is 12.3 Å². The third-order valence-corrected chi connectivity index (χ3v) is 4.60. The summed E-state index contributed by atoms with van der Waals surface area (Å²) in [5.74, 6) is 0.982. The lowest BCUT2D eigenvalue weighted by molar-refractivity contribution is -0.141. The molecule has 0 radical (unpaired) electrons. The van der Waals surface area contributed by atoms with Gasteiger partial charge in [0.25, 0.3) is 0 Å². The molecular formula is C11H17ClN2OS. The van der Waals surface area contributed by atoms with Gasteiger partial charge in [-0.1, -0.05) is 31.4 Å². The first-order chi connectivity index (χ1) is 7.74. The van der Waals surface area contributed by atoms with Gasteiger partial charge in [-0.3, -0.25) is 4.79 Å². The minimum atomic E-state index is 0.00266. The molecule has 2 aliphatic heterocycles. The van der Waals surface area contributed by atoms with E-state index in [1.807, 2.05) is 0 Å². The molecule has 1 N–H and O–H groups in total. The van der Waals surface area contributed by atoms with E-state index >= 15 is 0 Å². The summed E-state index contributed by atoms with van der Waals surface area (Å²) >= 11 is 7.63. The maximum absolute atomic E-state index is 11.8. The van der Waals surface area contributed by atoms with Crippen LogP contribution >= 0.6 is 23.4 Å². The number of nitrogens with zero attached hydrogens (tertiary/aromatic N) is 1. The first-order valence-corrected chi connectivity index (χ1v) is 7.20. The number of unbranched alkanes of at least 4 members (excludes halogenated alkanes) is 2. The molecule has 2 rings (SSSR count). The van der Waals surface area contributed by atoms with E-state index in [1.54, 1.807) is 22.9 Å². The molecule has 0 spiro atoms. The van der Waals surface area contributed by atoms with Gasteiger partial charge in [0.2, 0.25) is 5.91 Å². The Balaban J connectivity index is 1.79. The van der Waals surface area contributed by atoms with Crippen LogP contribution in [0.15, 0.2) is 11.2 Å². The van der Waals surface area contributed by atoms with E-state index in [2.05, 4.69) is 12.2 Å². The molecule has 5 heteroatoms. The highest BCUT2D eigenvalue weighted by Crippen LogP contribution is 2.36. The van der Waals surface area contributed by atoms with E-state index in [0.29, 0.717) is 0 Å². The number of fused-ring (bicyclic) bond motifs is 1. The topological polar surface area (TPSA) is 32.3 Å². The molecule has 2 atom stereocenters. The summed E-state index contributed by atoms with van der Waals surface area (Å²) < 4.78 is 0. The van der Waals surface area contributed by atoms with Crippen LogP contribution in [0.1, 0.15) is 26.2 Å². The van der Waals surface area contributed by atoms with Gasteiger partial charge in [0.15, 0.2) is 0 Å². The second kappa shape index (κ2) is 5.43. The molecule has 0 aromatic rings. The summed E-state index contributed by atoms with van der Waals surface area (Å²) in [4.78, 5) is 13.5. The maximum atomic E-state index is 11.8. The van der Waals surface area contributed by atoms with Crippen LogP contribution in [0.25, 0.3) is 0 Å². The largest absolute Gasteiger partial charge is 0.303 e. The van der Waals surface area contributed by atoms with E-state index in [0.717, 1.165) is 23.8 Å². The monoisotopic (exact) mass is 260 g/mol. The minimum Gasteiger partial charge on any atom is -0.303 e. The zero-order chi connectivity index (χ0) is 11.5. The van der Waals surface area contributed by atoms with E-state index in [9.17, 15) is 4.79 Å². The normalized spacial score (nSPS) is 28.5. The fourth-order valence-electron chi connectivity index (χ4n) is 1.97. The Bertz CT molecular complexity index is 308. The molecule has 2 heterocycles. The molecule has 1 saturated heterocycles. The summed E-state index contributed by atoms with van der Waals surface area (Å²) in [5, 5.41) is 4.36. The second-order valence-corrected chi connectivity index (χ2v) is 5.75. The van der Waals surface area contributed by atoms with Gasteiger partial charge in [0.1, 0.15) is 11.4 Å². The predicted molar refractivity (Wildman–Crippen MR) is 68.3 cm³/mol. The van der Waals surface area contributed by atoms with Gasteiger partial charge in [-0.15, -0.1) is 11.8 Å². The third kappa shape index (κ3) is 2.39. The van der Waals surface area contributed by atoms with Crippen LogP contribution in [0.4, 0.5) is 0 Å². The van der Waals surface area contributed by atoms with Crippen molar-refractivity contribution in [1.82, 2.24) is 10.2 Å². The van der Waals surface area contributed by atoms with Crippen molar-refractivity contribution in [2.45, 2.75) is 37.6 Å². The van der Waals surface area contributed by atoms with Gasteiger partial charge in [-0.05, 0) is 13.0 Å². The SMILES string of the molecule is CCCCCNC1C(=O)N2C=C(Cl)CS[C@@H]12. The number of amides is 1. The third-order valence-electron chi connectivity index (χ3n) is 2.90. The zero-order valence-corrected chi connectivity index (χ0v) is 11.0. The van der Waals surface area contributed by atoms with E-state index in [1.165, 1.54) is 12.8 Å². The number of thioether (sulfide) groups is 1. The Hall–Kier alpha value is -0.190. The molecule has 2 aliphatic rings. The van der Waals surface area contributed by atoms with Crippen LogP contribution in [-0.2, 0) is 4.79 Å². The van der Waals surface area contributed by atoms with Gasteiger partial charge >= 0.3 is 0 Å². The molecule has 0 aromatic carbocycles. The number of nitrogens with one attached hydrogen (secondary N) is 1. The van der Waals surface area contributed by atoms with Gasteiger partial charge in [-0.2, -0.15) is 0 Å². The van der Waals surface area contributed by atoms with Crippen molar-refractivity contribution in [3.63, 3.8) is 0 Å². The molecule has 0 aliphatic carbocycles. The quantitative estimate of drug-likeness (QED) is 0.607. The first-order valence-electron chi connectivity index (χ1n) is 5.77. The molecule has 1 unspecified atom stereocenters. The summed E-state index contributed by atoms with van der Waals surface area (Å²) in [6.45, 7) is 3.12. The lowest BCUT2D eigenvalue weighted by Gasteiger charge is -2.47. The van der Waals surface area contributed by atoms with Crippen LogP contribution in [0.2, 0.25) is 0 Å².